The van der Waals surface area contributed by atoms with Crippen LogP contribution in [-0.2, 0) is 30.3 Å². The highest BCUT2D eigenvalue weighted by Gasteiger charge is 2.60. The summed E-state index contributed by atoms with van der Waals surface area (Å²) in [7, 11) is 4.95. The van der Waals surface area contributed by atoms with Crippen LogP contribution in [0, 0.1) is 11.8 Å². The lowest BCUT2D eigenvalue weighted by atomic mass is 9.79. The number of thioether (sulfide) groups is 1. The fourth-order valence-electron chi connectivity index (χ4n) is 6.54. The molecule has 3 aliphatic rings. The van der Waals surface area contributed by atoms with Crippen molar-refractivity contribution in [2.24, 2.45) is 11.8 Å². The van der Waals surface area contributed by atoms with Crippen LogP contribution in [0.1, 0.15) is 45.1 Å². The quantitative estimate of drug-likeness (QED) is 0.132. The van der Waals surface area contributed by atoms with Crippen LogP contribution in [0.25, 0.3) is 0 Å². The van der Waals surface area contributed by atoms with Gasteiger partial charge in [0.2, 0.25) is 17.7 Å². The zero-order chi connectivity index (χ0) is 34.2. The Kier molecular flexibility index (Phi) is 12.9. The highest BCUT2D eigenvalue weighted by molar-refractivity contribution is 8.03. The molecule has 3 amide bonds. The van der Waals surface area contributed by atoms with Gasteiger partial charge in [-0.3, -0.25) is 14.4 Å². The van der Waals surface area contributed by atoms with Gasteiger partial charge in [-0.2, -0.15) is 0 Å². The number of aliphatic carboxylic acids is 1. The summed E-state index contributed by atoms with van der Waals surface area (Å²) < 4.78 is 16.1. The maximum Gasteiger partial charge on any atom is 0.353 e. The molecule has 47 heavy (non-hydrogen) atoms. The SMILES string of the molecule is COc1ccc(CCCCOCC(=O)NCCCN(C)C(=O)[C@@H]2C[C@H](SC3=C(C(=O)O)N4C(=O)[C@H]([C@@H](C)O)C4[C@H]3C)CN2)cc1OC. The highest BCUT2D eigenvalue weighted by Crippen LogP contribution is 2.51. The molecule has 260 valence electrons. The Labute approximate surface area is 280 Å². The number of rotatable bonds is 18. The van der Waals surface area contributed by atoms with Gasteiger partial charge in [0.25, 0.3) is 0 Å². The number of likely N-dealkylation sites (N-methyl/N-ethyl adjacent to an activating group) is 1. The minimum atomic E-state index is -1.15. The number of nitrogens with one attached hydrogen (secondary N) is 2. The predicted molar refractivity (Wildman–Crippen MR) is 176 cm³/mol. The van der Waals surface area contributed by atoms with Crippen molar-refractivity contribution in [3.8, 4) is 11.5 Å². The third-order valence-corrected chi connectivity index (χ3v) is 10.6. The molecule has 4 N–H and O–H groups in total. The Morgan fingerprint density at radius 3 is 2.60 bits per heavy atom. The minimum absolute atomic E-state index is 0.000145. The number of ether oxygens (including phenoxy) is 3. The van der Waals surface area contributed by atoms with Crippen molar-refractivity contribution in [2.45, 2.75) is 69.4 Å². The Bertz CT molecular complexity index is 1340. The van der Waals surface area contributed by atoms with Crippen LogP contribution in [0.3, 0.4) is 0 Å². The Morgan fingerprint density at radius 1 is 1.17 bits per heavy atom. The molecule has 13 nitrogen and oxygen atoms in total. The van der Waals surface area contributed by atoms with E-state index in [2.05, 4.69) is 10.6 Å². The molecule has 0 bridgehead atoms. The molecule has 0 aromatic heterocycles. The van der Waals surface area contributed by atoms with Crippen molar-refractivity contribution in [3.05, 3.63) is 34.4 Å². The number of methoxy groups -OCH3 is 2. The van der Waals surface area contributed by atoms with Gasteiger partial charge >= 0.3 is 5.97 Å². The summed E-state index contributed by atoms with van der Waals surface area (Å²) in [6, 6.07) is 5.11. The van der Waals surface area contributed by atoms with Gasteiger partial charge in [-0.1, -0.05) is 13.0 Å². The number of hydrogen-bond donors (Lipinski definition) is 4. The standard InChI is InChI=1S/C33H48N4O9S/c1-19-28-27(20(2)38)32(41)37(28)29(33(42)43)30(19)47-22-16-23(35-17-22)31(40)36(3)13-8-12-34-26(39)18-46-14-7-6-9-21-10-11-24(44-4)25(15-21)45-5/h10-11,15,19-20,22-23,27-28,35,38H,6-9,12-14,16-18H2,1-5H3,(H,34,39)(H,42,43)/t19-,20-,22+,23+,27-,28?/m1/s1. The molecular formula is C33H48N4O9S. The topological polar surface area (TPSA) is 167 Å². The van der Waals surface area contributed by atoms with E-state index in [0.717, 1.165) is 24.8 Å². The number of nitrogens with zero attached hydrogens (tertiary/aromatic N) is 2. The van der Waals surface area contributed by atoms with Crippen LogP contribution in [0.5, 0.6) is 11.5 Å². The van der Waals surface area contributed by atoms with E-state index in [1.165, 1.54) is 16.7 Å². The Hall–Kier alpha value is -3.33. The summed E-state index contributed by atoms with van der Waals surface area (Å²) in [5.41, 5.74) is 1.15. The van der Waals surface area contributed by atoms with Gasteiger partial charge in [0.15, 0.2) is 11.5 Å². The second kappa shape index (κ2) is 16.7. The molecule has 3 aliphatic heterocycles. The second-order valence-corrected chi connectivity index (χ2v) is 13.7. The van der Waals surface area contributed by atoms with E-state index < -0.39 is 24.0 Å². The van der Waals surface area contributed by atoms with E-state index in [-0.39, 0.29) is 47.2 Å². The molecular weight excluding hydrogens is 628 g/mol. The summed E-state index contributed by atoms with van der Waals surface area (Å²) in [6.45, 7) is 5.34. The number of carbonyl (C=O) groups is 4. The number of amides is 3. The normalized spacial score (nSPS) is 24.1. The van der Waals surface area contributed by atoms with E-state index in [1.54, 1.807) is 33.1 Å². The van der Waals surface area contributed by atoms with Crippen molar-refractivity contribution in [2.75, 3.05) is 54.1 Å². The number of fused-ring (bicyclic) bond motifs is 1. The van der Waals surface area contributed by atoms with Crippen LogP contribution >= 0.6 is 11.8 Å². The molecule has 2 saturated heterocycles. The van der Waals surface area contributed by atoms with Crippen molar-refractivity contribution >= 4 is 35.5 Å². The zero-order valence-electron chi connectivity index (χ0n) is 27.8. The zero-order valence-corrected chi connectivity index (χ0v) is 28.6. The number of carboxylic acid groups (broad SMARTS) is 1. The van der Waals surface area contributed by atoms with Gasteiger partial charge < -0.3 is 44.9 Å². The maximum atomic E-state index is 13.1. The number of aryl methyl sites for hydroxylation is 1. The molecule has 0 spiro atoms. The molecule has 14 heteroatoms. The van der Waals surface area contributed by atoms with E-state index in [9.17, 15) is 29.4 Å². The number of β-lactam (4-membered cyclic amide) rings is 1. The molecule has 0 saturated carbocycles. The van der Waals surface area contributed by atoms with Crippen molar-refractivity contribution in [1.82, 2.24) is 20.4 Å². The van der Waals surface area contributed by atoms with Crippen LogP contribution in [-0.4, -0.2) is 121 Å². The van der Waals surface area contributed by atoms with E-state index in [0.29, 0.717) is 55.5 Å². The summed E-state index contributed by atoms with van der Waals surface area (Å²) >= 11 is 1.41. The molecule has 0 aliphatic carbocycles. The van der Waals surface area contributed by atoms with Crippen LogP contribution in [0.15, 0.2) is 28.8 Å². The fourth-order valence-corrected chi connectivity index (χ4v) is 8.02. The second-order valence-electron chi connectivity index (χ2n) is 12.4. The van der Waals surface area contributed by atoms with Gasteiger partial charge in [-0.15, -0.1) is 11.8 Å². The Morgan fingerprint density at radius 2 is 1.91 bits per heavy atom. The molecule has 1 aromatic rings. The maximum absolute atomic E-state index is 13.1. The molecule has 0 radical (unpaired) electrons. The first-order valence-corrected chi connectivity index (χ1v) is 17.0. The van der Waals surface area contributed by atoms with Gasteiger partial charge in [-0.05, 0) is 56.7 Å². The minimum Gasteiger partial charge on any atom is -0.493 e. The smallest absolute Gasteiger partial charge is 0.353 e. The molecule has 3 heterocycles. The molecule has 4 rings (SSSR count). The first-order valence-electron chi connectivity index (χ1n) is 16.2. The summed E-state index contributed by atoms with van der Waals surface area (Å²) in [4.78, 5) is 53.6. The molecule has 1 aromatic carbocycles. The van der Waals surface area contributed by atoms with Crippen LogP contribution in [0.4, 0.5) is 0 Å². The monoisotopic (exact) mass is 676 g/mol. The summed E-state index contributed by atoms with van der Waals surface area (Å²) in [6.07, 6.45) is 2.87. The summed E-state index contributed by atoms with van der Waals surface area (Å²) in [5.74, 6) is -1.18. The lowest BCUT2D eigenvalue weighted by Crippen LogP contribution is -2.63. The van der Waals surface area contributed by atoms with Crippen LogP contribution in [0.2, 0.25) is 0 Å². The van der Waals surface area contributed by atoms with Gasteiger partial charge in [0.1, 0.15) is 12.3 Å². The largest absolute Gasteiger partial charge is 0.493 e. The average Bonchev–Trinajstić information content (AvgIpc) is 3.61. The number of benzene rings is 1. The van der Waals surface area contributed by atoms with Crippen molar-refractivity contribution in [1.29, 1.82) is 0 Å². The molecule has 1 unspecified atom stereocenters. The predicted octanol–water partition coefficient (Wildman–Crippen LogP) is 1.63. The third-order valence-electron chi connectivity index (χ3n) is 9.05. The molecule has 2 fully saturated rings. The Balaban J connectivity index is 1.10. The third kappa shape index (κ3) is 8.59. The number of carbonyl (C=O) groups excluding carboxylic acids is 3. The van der Waals surface area contributed by atoms with Crippen LogP contribution < -0.4 is 20.1 Å². The number of unbranched alkanes of at least 4 members (excludes halogenated alkanes) is 1. The average molecular weight is 677 g/mol. The lowest BCUT2D eigenvalue weighted by molar-refractivity contribution is -0.163. The van der Waals surface area contributed by atoms with E-state index >= 15 is 0 Å². The van der Waals surface area contributed by atoms with E-state index in [4.69, 9.17) is 14.2 Å². The lowest BCUT2D eigenvalue weighted by Gasteiger charge is -2.46. The number of hydrogen-bond acceptors (Lipinski definition) is 10. The first kappa shape index (κ1) is 36.5. The van der Waals surface area contributed by atoms with Gasteiger partial charge in [0.05, 0.1) is 38.3 Å². The number of aliphatic hydroxyl groups excluding tert-OH is 1. The fraction of sp³-hybridized carbons (Fsp3) is 0.636. The van der Waals surface area contributed by atoms with Gasteiger partial charge in [-0.25, -0.2) is 4.79 Å². The number of carboxylic acids is 1. The first-order chi connectivity index (χ1) is 22.5. The summed E-state index contributed by atoms with van der Waals surface area (Å²) in [5, 5.41) is 26.0. The van der Waals surface area contributed by atoms with Gasteiger partial charge in [0, 0.05) is 49.4 Å². The van der Waals surface area contributed by atoms with Crippen molar-refractivity contribution < 1.29 is 43.6 Å². The number of aliphatic hydroxyl groups is 1. The van der Waals surface area contributed by atoms with E-state index in [1.807, 2.05) is 25.1 Å². The highest BCUT2D eigenvalue weighted by atomic mass is 32.2. The molecule has 6 atom stereocenters. The van der Waals surface area contributed by atoms with Crippen molar-refractivity contribution in [3.63, 3.8) is 0 Å².